The van der Waals surface area contributed by atoms with Crippen LogP contribution >= 0.6 is 11.3 Å². The normalized spacial score (nSPS) is 16.2. The summed E-state index contributed by atoms with van der Waals surface area (Å²) in [5, 5.41) is 24.0. The van der Waals surface area contributed by atoms with E-state index in [9.17, 15) is 14.6 Å². The number of carboxylic acids is 1. The Morgan fingerprint density at radius 3 is 2.96 bits per heavy atom. The van der Waals surface area contributed by atoms with E-state index in [4.69, 9.17) is 15.5 Å². The van der Waals surface area contributed by atoms with E-state index in [1.165, 1.54) is 17.4 Å². The summed E-state index contributed by atoms with van der Waals surface area (Å²) < 4.78 is 5.32. The second-order valence-electron chi connectivity index (χ2n) is 5.34. The average molecular weight is 347 g/mol. The first-order valence-corrected chi connectivity index (χ1v) is 8.01. The number of amides is 1. The van der Waals surface area contributed by atoms with E-state index in [1.807, 2.05) is 0 Å². The summed E-state index contributed by atoms with van der Waals surface area (Å²) in [7, 11) is -1.33. The van der Waals surface area contributed by atoms with Crippen LogP contribution in [-0.2, 0) is 17.6 Å². The molecule has 0 unspecified atom stereocenters. The summed E-state index contributed by atoms with van der Waals surface area (Å²) in [5.74, 6) is -2.01. The van der Waals surface area contributed by atoms with Crippen LogP contribution in [0.25, 0.3) is 0 Å². The van der Waals surface area contributed by atoms with Gasteiger partial charge in [0.1, 0.15) is 5.75 Å². The Kier molecular flexibility index (Phi) is 4.41. The number of anilines is 1. The maximum atomic E-state index is 12.1. The number of hydrogen-bond donors (Lipinski definition) is 4. The minimum Gasteiger partial charge on any atom is -0.534 e. The molecule has 1 amide bonds. The van der Waals surface area contributed by atoms with E-state index in [2.05, 4.69) is 10.3 Å². The van der Waals surface area contributed by atoms with E-state index in [1.54, 1.807) is 17.5 Å². The van der Waals surface area contributed by atoms with Crippen molar-refractivity contribution in [2.45, 2.75) is 18.8 Å². The van der Waals surface area contributed by atoms with Crippen molar-refractivity contribution in [2.24, 2.45) is 0 Å². The van der Waals surface area contributed by atoms with Gasteiger partial charge >= 0.3 is 13.1 Å². The van der Waals surface area contributed by atoms with Crippen LogP contribution < -0.4 is 15.7 Å². The second kappa shape index (κ2) is 6.50. The summed E-state index contributed by atoms with van der Waals surface area (Å²) in [6.45, 7) is 0. The number of rotatable bonds is 4. The zero-order chi connectivity index (χ0) is 17.3. The van der Waals surface area contributed by atoms with E-state index in [-0.39, 0.29) is 30.1 Å². The van der Waals surface area contributed by atoms with E-state index in [0.717, 1.165) is 0 Å². The molecule has 1 aromatic heterocycles. The summed E-state index contributed by atoms with van der Waals surface area (Å²) >= 11 is 1.24. The Morgan fingerprint density at radius 1 is 1.50 bits per heavy atom. The van der Waals surface area contributed by atoms with Crippen LogP contribution in [-0.4, -0.2) is 40.1 Å². The lowest BCUT2D eigenvalue weighted by Gasteiger charge is -2.28. The van der Waals surface area contributed by atoms with Crippen LogP contribution in [0.3, 0.4) is 0 Å². The molecule has 5 N–H and O–H groups in total. The lowest BCUT2D eigenvalue weighted by atomic mass is 9.72. The lowest BCUT2D eigenvalue weighted by molar-refractivity contribution is -0.120. The Morgan fingerprint density at radius 2 is 2.29 bits per heavy atom. The fraction of sp³-hybridized carbons (Fsp3) is 0.214. The quantitative estimate of drug-likeness (QED) is 0.576. The molecule has 0 radical (unpaired) electrons. The van der Waals surface area contributed by atoms with Crippen LogP contribution in [0.2, 0.25) is 0 Å². The van der Waals surface area contributed by atoms with Gasteiger partial charge in [0.05, 0.1) is 23.6 Å². The number of carbonyl (C=O) groups excluding carboxylic acids is 1. The van der Waals surface area contributed by atoms with Gasteiger partial charge in [-0.05, 0) is 18.1 Å². The van der Waals surface area contributed by atoms with Crippen LogP contribution in [0.15, 0.2) is 23.6 Å². The van der Waals surface area contributed by atoms with Gasteiger partial charge in [0, 0.05) is 5.38 Å². The minimum absolute atomic E-state index is 0.0192. The van der Waals surface area contributed by atoms with Gasteiger partial charge in [0.15, 0.2) is 5.13 Å². The van der Waals surface area contributed by atoms with Crippen LogP contribution in [0, 0.1) is 0 Å². The highest BCUT2D eigenvalue weighted by Gasteiger charge is 2.37. The van der Waals surface area contributed by atoms with E-state index in [0.29, 0.717) is 16.4 Å². The molecule has 1 aliphatic heterocycles. The molecule has 10 heteroatoms. The van der Waals surface area contributed by atoms with Crippen molar-refractivity contribution in [3.8, 4) is 5.75 Å². The van der Waals surface area contributed by atoms with Crippen molar-refractivity contribution in [1.29, 1.82) is 0 Å². The SMILES string of the molecule is Nc1nc(CC(=O)N[C@H]2Cc3cccc(C(=O)O)c3OB2O)cs1. The number of para-hydroxylation sites is 1. The third-order valence-electron chi connectivity index (χ3n) is 3.61. The van der Waals surface area contributed by atoms with Gasteiger partial charge in [-0.1, -0.05) is 12.1 Å². The van der Waals surface area contributed by atoms with Crippen molar-refractivity contribution in [3.05, 3.63) is 40.4 Å². The Balaban J connectivity index is 1.71. The van der Waals surface area contributed by atoms with Gasteiger partial charge < -0.3 is 25.8 Å². The molecule has 0 spiro atoms. The smallest absolute Gasteiger partial charge is 0.534 e. The maximum absolute atomic E-state index is 12.1. The number of nitrogens with one attached hydrogen (secondary N) is 1. The molecule has 1 aromatic carbocycles. The summed E-state index contributed by atoms with van der Waals surface area (Å²) in [5.41, 5.74) is 6.67. The third kappa shape index (κ3) is 3.34. The number of aromatic nitrogens is 1. The standard InChI is InChI=1S/C14H14BN3O5S/c16-14-17-8(6-24-14)5-11(19)18-10-4-7-2-1-3-9(13(20)21)12(7)23-15(10)22/h1-3,6,10,22H,4-5H2,(H2,16,17)(H,18,19)(H,20,21)/t10-/m0/s1. The number of carboxylic acid groups (broad SMARTS) is 1. The molecule has 8 nitrogen and oxygen atoms in total. The van der Waals surface area contributed by atoms with Crippen LogP contribution in [0.4, 0.5) is 5.13 Å². The number of nitrogens with zero attached hydrogens (tertiary/aromatic N) is 1. The van der Waals surface area contributed by atoms with Crippen molar-refractivity contribution in [3.63, 3.8) is 0 Å². The number of fused-ring (bicyclic) bond motifs is 1. The van der Waals surface area contributed by atoms with Gasteiger partial charge in [0.25, 0.3) is 0 Å². The number of hydrogen-bond acceptors (Lipinski definition) is 7. The number of nitrogen functional groups attached to an aromatic ring is 1. The van der Waals surface area contributed by atoms with Crippen molar-refractivity contribution in [1.82, 2.24) is 10.3 Å². The van der Waals surface area contributed by atoms with Gasteiger partial charge in [0.2, 0.25) is 5.91 Å². The fourth-order valence-electron chi connectivity index (χ4n) is 2.54. The zero-order valence-corrected chi connectivity index (χ0v) is 13.2. The molecule has 2 aromatic rings. The Labute approximate surface area is 141 Å². The van der Waals surface area contributed by atoms with Crippen molar-refractivity contribution >= 4 is 35.5 Å². The largest absolute Gasteiger partial charge is 0.547 e. The van der Waals surface area contributed by atoms with Gasteiger partial charge in [-0.25, -0.2) is 9.78 Å². The topological polar surface area (TPSA) is 135 Å². The molecule has 1 atom stereocenters. The molecule has 124 valence electrons. The summed E-state index contributed by atoms with van der Waals surface area (Å²) in [6.07, 6.45) is 0.307. The van der Waals surface area contributed by atoms with Crippen LogP contribution in [0.1, 0.15) is 21.6 Å². The van der Waals surface area contributed by atoms with Gasteiger partial charge in [-0.3, -0.25) is 4.79 Å². The number of nitrogens with two attached hydrogens (primary N) is 1. The molecule has 0 aliphatic carbocycles. The molecule has 24 heavy (non-hydrogen) atoms. The fourth-order valence-corrected chi connectivity index (χ4v) is 3.11. The molecule has 0 fully saturated rings. The first-order valence-electron chi connectivity index (χ1n) is 7.13. The average Bonchev–Trinajstić information content (AvgIpc) is 2.92. The number of aromatic carboxylic acids is 1. The molecular weight excluding hydrogens is 333 g/mol. The van der Waals surface area contributed by atoms with E-state index < -0.39 is 19.0 Å². The van der Waals surface area contributed by atoms with Gasteiger partial charge in [-0.2, -0.15) is 0 Å². The van der Waals surface area contributed by atoms with Crippen molar-refractivity contribution < 1.29 is 24.4 Å². The molecule has 0 saturated heterocycles. The minimum atomic E-state index is -1.33. The van der Waals surface area contributed by atoms with Crippen molar-refractivity contribution in [2.75, 3.05) is 5.73 Å². The molecular formula is C14H14BN3O5S. The van der Waals surface area contributed by atoms with E-state index >= 15 is 0 Å². The number of thiazole rings is 1. The predicted molar refractivity (Wildman–Crippen MR) is 87.9 cm³/mol. The Bertz CT molecular complexity index is 796. The Hall–Kier alpha value is -2.59. The monoisotopic (exact) mass is 347 g/mol. The molecule has 3 rings (SSSR count). The van der Waals surface area contributed by atoms with Crippen LogP contribution in [0.5, 0.6) is 5.75 Å². The number of carbonyl (C=O) groups is 2. The van der Waals surface area contributed by atoms with Gasteiger partial charge in [-0.15, -0.1) is 11.3 Å². The first-order chi connectivity index (χ1) is 11.4. The summed E-state index contributed by atoms with van der Waals surface area (Å²) in [6, 6.07) is 4.70. The number of benzene rings is 1. The molecule has 2 heterocycles. The highest BCUT2D eigenvalue weighted by molar-refractivity contribution is 7.13. The highest BCUT2D eigenvalue weighted by Crippen LogP contribution is 2.30. The highest BCUT2D eigenvalue weighted by atomic mass is 32.1. The molecule has 0 bridgehead atoms. The molecule has 0 saturated carbocycles. The second-order valence-corrected chi connectivity index (χ2v) is 6.23. The lowest BCUT2D eigenvalue weighted by Crippen LogP contribution is -2.53. The first kappa shape index (κ1) is 16.3. The predicted octanol–water partition coefficient (Wildman–Crippen LogP) is 0.106. The maximum Gasteiger partial charge on any atom is 0.547 e. The third-order valence-corrected chi connectivity index (χ3v) is 4.33. The molecule has 1 aliphatic rings. The summed E-state index contributed by atoms with van der Waals surface area (Å²) in [4.78, 5) is 27.3. The zero-order valence-electron chi connectivity index (χ0n) is 12.4.